The van der Waals surface area contributed by atoms with Crippen LogP contribution in [0.4, 0.5) is 0 Å². The molecule has 138 valence electrons. The summed E-state index contributed by atoms with van der Waals surface area (Å²) in [5, 5.41) is 0.599. The normalized spacial score (nSPS) is 14.7. The average Bonchev–Trinajstić information content (AvgIpc) is 3.02. The molecule has 5 nitrogen and oxygen atoms in total. The second kappa shape index (κ2) is 8.56. The number of ether oxygens (including phenoxy) is 3. The van der Waals surface area contributed by atoms with Gasteiger partial charge in [0.15, 0.2) is 17.2 Å². The van der Waals surface area contributed by atoms with Gasteiger partial charge in [-0.3, -0.25) is 0 Å². The third kappa shape index (κ3) is 4.57. The highest BCUT2D eigenvalue weighted by Crippen LogP contribution is 2.30. The van der Waals surface area contributed by atoms with Crippen molar-refractivity contribution in [2.75, 3.05) is 13.2 Å². The van der Waals surface area contributed by atoms with Gasteiger partial charge in [-0.1, -0.05) is 30.3 Å². The molecule has 27 heavy (non-hydrogen) atoms. The van der Waals surface area contributed by atoms with Crippen LogP contribution in [0.1, 0.15) is 18.1 Å². The molecule has 0 amide bonds. The number of benzene rings is 2. The molecule has 1 aliphatic heterocycles. The Balaban J connectivity index is 1.88. The highest BCUT2D eigenvalue weighted by molar-refractivity contribution is 6.30. The molecule has 0 radical (unpaired) electrons. The molecule has 0 bridgehead atoms. The zero-order valence-electron chi connectivity index (χ0n) is 14.8. The lowest BCUT2D eigenvalue weighted by molar-refractivity contribution is -0.129. The summed E-state index contributed by atoms with van der Waals surface area (Å²) in [7, 11) is 0. The number of esters is 1. The standard InChI is InChI=1S/C21H18ClNO4/c1-3-11-26-18-10-5-14(13-19(18)25-4-2)12-17-21(24)27-20(23-17)15-6-8-16(22)9-7-15/h3,5-10,12-13H,1,4,11H2,2H3/b17-12+. The molecular formula is C21H18ClNO4. The topological polar surface area (TPSA) is 57.1 Å². The Bertz CT molecular complexity index is 916. The van der Waals surface area contributed by atoms with Crippen LogP contribution in [0.25, 0.3) is 6.08 Å². The zero-order valence-corrected chi connectivity index (χ0v) is 15.5. The molecule has 0 saturated carbocycles. The van der Waals surface area contributed by atoms with Crippen molar-refractivity contribution in [3.8, 4) is 11.5 Å². The van der Waals surface area contributed by atoms with Gasteiger partial charge < -0.3 is 14.2 Å². The van der Waals surface area contributed by atoms with Gasteiger partial charge in [0.1, 0.15) is 6.61 Å². The Kier molecular flexibility index (Phi) is 5.94. The zero-order chi connectivity index (χ0) is 19.2. The Morgan fingerprint density at radius 2 is 1.93 bits per heavy atom. The van der Waals surface area contributed by atoms with Crippen molar-refractivity contribution < 1.29 is 19.0 Å². The molecule has 0 spiro atoms. The quantitative estimate of drug-likeness (QED) is 0.397. The summed E-state index contributed by atoms with van der Waals surface area (Å²) >= 11 is 5.88. The Hall–Kier alpha value is -3.05. The minimum Gasteiger partial charge on any atom is -0.490 e. The van der Waals surface area contributed by atoms with E-state index >= 15 is 0 Å². The summed E-state index contributed by atoms with van der Waals surface area (Å²) in [5.41, 5.74) is 1.64. The number of aliphatic imine (C=N–C) groups is 1. The highest BCUT2D eigenvalue weighted by atomic mass is 35.5. The SMILES string of the molecule is C=CCOc1ccc(/C=C2/N=C(c3ccc(Cl)cc3)OC2=O)cc1OCC. The maximum atomic E-state index is 12.2. The first-order valence-corrected chi connectivity index (χ1v) is 8.77. The largest absolute Gasteiger partial charge is 0.490 e. The Labute approximate surface area is 162 Å². The van der Waals surface area contributed by atoms with Crippen LogP contribution in [0.3, 0.4) is 0 Å². The molecule has 0 aromatic heterocycles. The number of hydrogen-bond donors (Lipinski definition) is 0. The molecule has 2 aromatic carbocycles. The van der Waals surface area contributed by atoms with E-state index < -0.39 is 5.97 Å². The van der Waals surface area contributed by atoms with Crippen LogP contribution in [0.5, 0.6) is 11.5 Å². The summed E-state index contributed by atoms with van der Waals surface area (Å²) in [4.78, 5) is 16.4. The van der Waals surface area contributed by atoms with Crippen LogP contribution in [-0.4, -0.2) is 25.1 Å². The van der Waals surface area contributed by atoms with Crippen molar-refractivity contribution in [1.82, 2.24) is 0 Å². The van der Waals surface area contributed by atoms with Crippen LogP contribution in [0.15, 0.2) is 65.8 Å². The van der Waals surface area contributed by atoms with Crippen LogP contribution in [-0.2, 0) is 9.53 Å². The molecule has 6 heteroatoms. The maximum absolute atomic E-state index is 12.2. The van der Waals surface area contributed by atoms with Crippen molar-refractivity contribution >= 4 is 29.5 Å². The predicted molar refractivity (Wildman–Crippen MR) is 105 cm³/mol. The van der Waals surface area contributed by atoms with E-state index in [2.05, 4.69) is 11.6 Å². The molecular weight excluding hydrogens is 366 g/mol. The van der Waals surface area contributed by atoms with Crippen LogP contribution in [0, 0.1) is 0 Å². The minimum atomic E-state index is -0.509. The fourth-order valence-corrected chi connectivity index (χ4v) is 2.56. The molecule has 0 aliphatic carbocycles. The number of halogens is 1. The van der Waals surface area contributed by atoms with E-state index in [4.69, 9.17) is 25.8 Å². The van der Waals surface area contributed by atoms with E-state index in [0.717, 1.165) is 5.56 Å². The van der Waals surface area contributed by atoms with E-state index in [1.54, 1.807) is 48.6 Å². The first-order chi connectivity index (χ1) is 13.1. The fraction of sp³-hybridized carbons (Fsp3) is 0.143. The number of hydrogen-bond acceptors (Lipinski definition) is 5. The second-order valence-corrected chi connectivity index (χ2v) is 6.02. The highest BCUT2D eigenvalue weighted by Gasteiger charge is 2.24. The van der Waals surface area contributed by atoms with Gasteiger partial charge in [-0.05, 0) is 55.0 Å². The molecule has 0 fully saturated rings. The van der Waals surface area contributed by atoms with Crippen LogP contribution < -0.4 is 9.47 Å². The van der Waals surface area contributed by atoms with Crippen molar-refractivity contribution in [2.45, 2.75) is 6.92 Å². The van der Waals surface area contributed by atoms with Crippen molar-refractivity contribution in [2.24, 2.45) is 4.99 Å². The van der Waals surface area contributed by atoms with E-state index in [1.807, 2.05) is 13.0 Å². The van der Waals surface area contributed by atoms with Gasteiger partial charge in [-0.2, -0.15) is 0 Å². The number of carbonyl (C=O) groups excluding carboxylic acids is 1. The van der Waals surface area contributed by atoms with Gasteiger partial charge in [0.25, 0.3) is 0 Å². The lowest BCUT2D eigenvalue weighted by Crippen LogP contribution is -2.05. The first-order valence-electron chi connectivity index (χ1n) is 8.39. The second-order valence-electron chi connectivity index (χ2n) is 5.58. The van der Waals surface area contributed by atoms with Gasteiger partial charge in [0.2, 0.25) is 5.90 Å². The molecule has 2 aromatic rings. The number of rotatable bonds is 7. The lowest BCUT2D eigenvalue weighted by atomic mass is 10.1. The van der Waals surface area contributed by atoms with Gasteiger partial charge in [-0.15, -0.1) is 0 Å². The summed E-state index contributed by atoms with van der Waals surface area (Å²) in [6.07, 6.45) is 3.30. The molecule has 0 unspecified atom stereocenters. The average molecular weight is 384 g/mol. The summed E-state index contributed by atoms with van der Waals surface area (Å²) < 4.78 is 16.4. The van der Waals surface area contributed by atoms with Crippen molar-refractivity contribution in [3.05, 3.63) is 77.0 Å². The van der Waals surface area contributed by atoms with Gasteiger partial charge >= 0.3 is 5.97 Å². The monoisotopic (exact) mass is 383 g/mol. The molecule has 0 saturated heterocycles. The number of cyclic esters (lactones) is 1. The number of nitrogens with zero attached hydrogens (tertiary/aromatic N) is 1. The molecule has 1 aliphatic rings. The lowest BCUT2D eigenvalue weighted by Gasteiger charge is -2.11. The Morgan fingerprint density at radius 1 is 1.15 bits per heavy atom. The number of carbonyl (C=O) groups is 1. The molecule has 3 rings (SSSR count). The minimum absolute atomic E-state index is 0.210. The van der Waals surface area contributed by atoms with E-state index in [-0.39, 0.29) is 11.6 Å². The van der Waals surface area contributed by atoms with Gasteiger partial charge in [0, 0.05) is 10.6 Å². The van der Waals surface area contributed by atoms with Crippen LogP contribution in [0.2, 0.25) is 5.02 Å². The molecule has 0 N–H and O–H groups in total. The maximum Gasteiger partial charge on any atom is 0.363 e. The van der Waals surface area contributed by atoms with Crippen LogP contribution >= 0.6 is 11.6 Å². The smallest absolute Gasteiger partial charge is 0.363 e. The third-order valence-electron chi connectivity index (χ3n) is 3.64. The molecule has 0 atom stereocenters. The van der Waals surface area contributed by atoms with Gasteiger partial charge in [0.05, 0.1) is 6.61 Å². The Morgan fingerprint density at radius 3 is 2.63 bits per heavy atom. The first kappa shape index (κ1) is 18.7. The van der Waals surface area contributed by atoms with E-state index in [1.165, 1.54) is 0 Å². The summed E-state index contributed by atoms with van der Waals surface area (Å²) in [6, 6.07) is 12.3. The van der Waals surface area contributed by atoms with Crippen molar-refractivity contribution in [3.63, 3.8) is 0 Å². The predicted octanol–water partition coefficient (Wildman–Crippen LogP) is 4.65. The van der Waals surface area contributed by atoms with E-state index in [9.17, 15) is 4.79 Å². The summed E-state index contributed by atoms with van der Waals surface area (Å²) in [6.45, 7) is 6.39. The van der Waals surface area contributed by atoms with E-state index in [0.29, 0.717) is 35.3 Å². The molecule has 1 heterocycles. The van der Waals surface area contributed by atoms with Gasteiger partial charge in [-0.25, -0.2) is 9.79 Å². The third-order valence-corrected chi connectivity index (χ3v) is 3.89. The van der Waals surface area contributed by atoms with Crippen molar-refractivity contribution in [1.29, 1.82) is 0 Å². The summed E-state index contributed by atoms with van der Waals surface area (Å²) in [5.74, 6) is 0.934. The fourth-order valence-electron chi connectivity index (χ4n) is 2.43.